The van der Waals surface area contributed by atoms with E-state index in [4.69, 9.17) is 11.6 Å². The molecule has 1 aromatic carbocycles. The second kappa shape index (κ2) is 6.11. The van der Waals surface area contributed by atoms with Gasteiger partial charge in [-0.25, -0.2) is 4.98 Å². The number of hydrogen-bond acceptors (Lipinski definition) is 3. The van der Waals surface area contributed by atoms with Crippen molar-refractivity contribution in [3.05, 3.63) is 58.7 Å². The number of pyridine rings is 1. The number of carbonyl (C=O) groups is 2. The number of benzene rings is 1. The minimum Gasteiger partial charge on any atom is -0.310 e. The molecule has 0 saturated carbocycles. The molecule has 1 N–H and O–H groups in total. The highest BCUT2D eigenvalue weighted by molar-refractivity contribution is 6.31. The SMILES string of the molecule is O=Cc1ccc(NC(=O)Cc2ccccc2Cl)nc1. The molecule has 1 heterocycles. The third kappa shape index (κ3) is 3.63. The molecule has 0 radical (unpaired) electrons. The Bertz CT molecular complexity index is 597. The predicted molar refractivity (Wildman–Crippen MR) is 73.4 cm³/mol. The summed E-state index contributed by atoms with van der Waals surface area (Å²) in [5, 5.41) is 3.20. The number of carbonyl (C=O) groups excluding carboxylic acids is 2. The molecule has 19 heavy (non-hydrogen) atoms. The fourth-order valence-electron chi connectivity index (χ4n) is 1.55. The molecule has 0 aliphatic rings. The first-order valence-corrected chi connectivity index (χ1v) is 6.01. The van der Waals surface area contributed by atoms with Crippen molar-refractivity contribution in [3.63, 3.8) is 0 Å². The highest BCUT2D eigenvalue weighted by Gasteiger charge is 2.07. The molecule has 4 nitrogen and oxygen atoms in total. The zero-order valence-electron chi connectivity index (χ0n) is 9.97. The van der Waals surface area contributed by atoms with Gasteiger partial charge in [0.05, 0.1) is 6.42 Å². The van der Waals surface area contributed by atoms with Crippen LogP contribution < -0.4 is 5.32 Å². The van der Waals surface area contributed by atoms with Gasteiger partial charge in [0.25, 0.3) is 0 Å². The largest absolute Gasteiger partial charge is 0.310 e. The molecule has 0 bridgehead atoms. The van der Waals surface area contributed by atoms with Gasteiger partial charge in [-0.15, -0.1) is 0 Å². The quantitative estimate of drug-likeness (QED) is 0.872. The molecule has 0 unspecified atom stereocenters. The lowest BCUT2D eigenvalue weighted by atomic mass is 10.1. The maximum absolute atomic E-state index is 11.8. The molecule has 0 atom stereocenters. The first-order chi connectivity index (χ1) is 9.19. The first-order valence-electron chi connectivity index (χ1n) is 5.63. The van der Waals surface area contributed by atoms with Crippen LogP contribution in [-0.4, -0.2) is 17.2 Å². The maximum atomic E-state index is 11.8. The van der Waals surface area contributed by atoms with Crippen LogP contribution >= 0.6 is 11.6 Å². The Morgan fingerprint density at radius 3 is 2.68 bits per heavy atom. The number of aldehydes is 1. The van der Waals surface area contributed by atoms with E-state index < -0.39 is 0 Å². The van der Waals surface area contributed by atoms with Gasteiger partial charge < -0.3 is 5.32 Å². The number of amides is 1. The molecular weight excluding hydrogens is 264 g/mol. The fourth-order valence-corrected chi connectivity index (χ4v) is 1.75. The van der Waals surface area contributed by atoms with E-state index in [0.717, 1.165) is 5.56 Å². The van der Waals surface area contributed by atoms with Crippen LogP contribution in [0.2, 0.25) is 5.02 Å². The number of halogens is 1. The van der Waals surface area contributed by atoms with E-state index in [2.05, 4.69) is 10.3 Å². The van der Waals surface area contributed by atoms with Crippen molar-refractivity contribution in [3.8, 4) is 0 Å². The molecule has 1 amide bonds. The lowest BCUT2D eigenvalue weighted by Crippen LogP contribution is -2.15. The molecule has 2 aromatic rings. The summed E-state index contributed by atoms with van der Waals surface area (Å²) >= 11 is 5.98. The first kappa shape index (κ1) is 13.2. The van der Waals surface area contributed by atoms with E-state index in [1.807, 2.05) is 12.1 Å². The number of rotatable bonds is 4. The Balaban J connectivity index is 2.01. The van der Waals surface area contributed by atoms with Crippen molar-refractivity contribution in [2.24, 2.45) is 0 Å². The van der Waals surface area contributed by atoms with Gasteiger partial charge in [0.15, 0.2) is 6.29 Å². The molecule has 5 heteroatoms. The predicted octanol–water partition coefficient (Wildman–Crippen LogP) is 2.73. The van der Waals surface area contributed by atoms with Gasteiger partial charge in [0.1, 0.15) is 5.82 Å². The molecule has 2 rings (SSSR count). The Kier molecular flexibility index (Phi) is 4.26. The Labute approximate surface area is 115 Å². The van der Waals surface area contributed by atoms with Crippen molar-refractivity contribution >= 4 is 29.6 Å². The normalized spacial score (nSPS) is 9.95. The van der Waals surface area contributed by atoms with Gasteiger partial charge in [-0.2, -0.15) is 0 Å². The standard InChI is InChI=1S/C14H11ClN2O2/c15-12-4-2-1-3-11(12)7-14(19)17-13-6-5-10(9-18)8-16-13/h1-6,8-9H,7H2,(H,16,17,19). The summed E-state index contributed by atoms with van der Waals surface area (Å²) in [6, 6.07) is 10.3. The number of hydrogen-bond donors (Lipinski definition) is 1. The lowest BCUT2D eigenvalue weighted by molar-refractivity contribution is -0.115. The van der Waals surface area contributed by atoms with Crippen molar-refractivity contribution in [1.82, 2.24) is 4.98 Å². The van der Waals surface area contributed by atoms with Gasteiger partial charge in [-0.3, -0.25) is 9.59 Å². The second-order valence-corrected chi connectivity index (χ2v) is 4.32. The average molecular weight is 275 g/mol. The summed E-state index contributed by atoms with van der Waals surface area (Å²) in [7, 11) is 0. The van der Waals surface area contributed by atoms with Crippen LogP contribution in [0.15, 0.2) is 42.6 Å². The molecule has 0 spiro atoms. The molecule has 0 fully saturated rings. The number of anilines is 1. The molecule has 1 aromatic heterocycles. The molecule has 96 valence electrons. The zero-order chi connectivity index (χ0) is 13.7. The van der Waals surface area contributed by atoms with E-state index in [-0.39, 0.29) is 12.3 Å². The number of aromatic nitrogens is 1. The van der Waals surface area contributed by atoms with Gasteiger partial charge in [-0.05, 0) is 23.8 Å². The summed E-state index contributed by atoms with van der Waals surface area (Å²) in [6.07, 6.45) is 2.28. The van der Waals surface area contributed by atoms with Crippen molar-refractivity contribution in [1.29, 1.82) is 0 Å². The van der Waals surface area contributed by atoms with Crippen LogP contribution in [0.4, 0.5) is 5.82 Å². The topological polar surface area (TPSA) is 59.1 Å². The van der Waals surface area contributed by atoms with Crippen LogP contribution in [0.25, 0.3) is 0 Å². The lowest BCUT2D eigenvalue weighted by Gasteiger charge is -2.05. The average Bonchev–Trinajstić information content (AvgIpc) is 2.42. The van der Waals surface area contributed by atoms with E-state index in [1.54, 1.807) is 24.3 Å². The van der Waals surface area contributed by atoms with Crippen LogP contribution in [-0.2, 0) is 11.2 Å². The highest BCUT2D eigenvalue weighted by Crippen LogP contribution is 2.16. The van der Waals surface area contributed by atoms with Gasteiger partial charge in [-0.1, -0.05) is 29.8 Å². The van der Waals surface area contributed by atoms with E-state index in [0.29, 0.717) is 22.7 Å². The summed E-state index contributed by atoms with van der Waals surface area (Å²) < 4.78 is 0. The molecular formula is C14H11ClN2O2. The highest BCUT2D eigenvalue weighted by atomic mass is 35.5. The van der Waals surface area contributed by atoms with Crippen LogP contribution in [0.5, 0.6) is 0 Å². The summed E-state index contributed by atoms with van der Waals surface area (Å²) in [6.45, 7) is 0. The molecule has 0 saturated heterocycles. The van der Waals surface area contributed by atoms with E-state index in [9.17, 15) is 9.59 Å². The van der Waals surface area contributed by atoms with Crippen molar-refractivity contribution in [2.75, 3.05) is 5.32 Å². The zero-order valence-corrected chi connectivity index (χ0v) is 10.7. The third-order valence-electron chi connectivity index (χ3n) is 2.50. The Hall–Kier alpha value is -2.20. The Morgan fingerprint density at radius 1 is 1.26 bits per heavy atom. The molecule has 0 aliphatic carbocycles. The Morgan fingerprint density at radius 2 is 2.05 bits per heavy atom. The summed E-state index contributed by atoms with van der Waals surface area (Å²) in [5.41, 5.74) is 1.22. The number of nitrogens with zero attached hydrogens (tertiary/aromatic N) is 1. The van der Waals surface area contributed by atoms with Crippen molar-refractivity contribution in [2.45, 2.75) is 6.42 Å². The minimum atomic E-state index is -0.209. The fraction of sp³-hybridized carbons (Fsp3) is 0.0714. The van der Waals surface area contributed by atoms with Crippen LogP contribution in [0.3, 0.4) is 0 Å². The van der Waals surface area contributed by atoms with Gasteiger partial charge >= 0.3 is 0 Å². The van der Waals surface area contributed by atoms with Gasteiger partial charge in [0, 0.05) is 16.8 Å². The summed E-state index contributed by atoms with van der Waals surface area (Å²) in [5.74, 6) is 0.196. The van der Waals surface area contributed by atoms with Gasteiger partial charge in [0.2, 0.25) is 5.91 Å². The second-order valence-electron chi connectivity index (χ2n) is 3.91. The monoisotopic (exact) mass is 274 g/mol. The third-order valence-corrected chi connectivity index (χ3v) is 2.87. The summed E-state index contributed by atoms with van der Waals surface area (Å²) in [4.78, 5) is 26.2. The van der Waals surface area contributed by atoms with Crippen LogP contribution in [0.1, 0.15) is 15.9 Å². The van der Waals surface area contributed by atoms with E-state index >= 15 is 0 Å². The van der Waals surface area contributed by atoms with Crippen molar-refractivity contribution < 1.29 is 9.59 Å². The van der Waals surface area contributed by atoms with Crippen LogP contribution in [0, 0.1) is 0 Å². The number of nitrogens with one attached hydrogen (secondary N) is 1. The molecule has 0 aliphatic heterocycles. The maximum Gasteiger partial charge on any atom is 0.230 e. The minimum absolute atomic E-state index is 0.177. The smallest absolute Gasteiger partial charge is 0.230 e. The van der Waals surface area contributed by atoms with E-state index in [1.165, 1.54) is 6.20 Å².